The standard InChI is InChI=1S/C25H24F5N5O2/c26-18-7-17(21(27)22(28)23(18)36)24(37)32-9-13-1-3-14(4-2-13)19-12-35-11-15(5-6-20(35)34-19)16(8-31)10-33-25(29)30/h5-8,10-14,25,31,33,36H,1-4,9H2,(H,32,37)/b16-10+,31-8?/t13-,14-. The van der Waals surface area contributed by atoms with Gasteiger partial charge >= 0.3 is 6.55 Å². The zero-order valence-corrected chi connectivity index (χ0v) is 19.4. The van der Waals surface area contributed by atoms with Crippen LogP contribution in [-0.4, -0.2) is 39.7 Å². The number of imidazole rings is 1. The number of aromatic nitrogens is 2. The third-order valence-electron chi connectivity index (χ3n) is 6.52. The smallest absolute Gasteiger partial charge is 0.312 e. The Morgan fingerprint density at radius 2 is 1.89 bits per heavy atom. The molecule has 1 amide bonds. The number of allylic oxidation sites excluding steroid dienone is 1. The van der Waals surface area contributed by atoms with Crippen LogP contribution in [0, 0.1) is 28.8 Å². The lowest BCUT2D eigenvalue weighted by atomic mass is 9.80. The van der Waals surface area contributed by atoms with E-state index in [1.165, 1.54) is 0 Å². The van der Waals surface area contributed by atoms with E-state index < -0.39 is 41.2 Å². The fourth-order valence-corrected chi connectivity index (χ4v) is 4.49. The van der Waals surface area contributed by atoms with Gasteiger partial charge in [-0.15, -0.1) is 0 Å². The van der Waals surface area contributed by atoms with Crippen LogP contribution < -0.4 is 10.6 Å². The maximum Gasteiger partial charge on any atom is 0.312 e. The van der Waals surface area contributed by atoms with Gasteiger partial charge in [-0.3, -0.25) is 4.79 Å². The molecule has 0 radical (unpaired) electrons. The third kappa shape index (κ3) is 5.73. The van der Waals surface area contributed by atoms with Crippen LogP contribution in [0.5, 0.6) is 5.75 Å². The van der Waals surface area contributed by atoms with E-state index >= 15 is 0 Å². The number of hydrogen-bond donors (Lipinski definition) is 4. The van der Waals surface area contributed by atoms with Crippen molar-refractivity contribution in [2.24, 2.45) is 5.92 Å². The van der Waals surface area contributed by atoms with E-state index in [0.717, 1.165) is 43.8 Å². The molecule has 0 spiro atoms. The Morgan fingerprint density at radius 1 is 1.16 bits per heavy atom. The summed E-state index contributed by atoms with van der Waals surface area (Å²) in [5.74, 6) is -7.02. The Hall–Kier alpha value is -3.96. The summed E-state index contributed by atoms with van der Waals surface area (Å²) in [6, 6.07) is 3.91. The van der Waals surface area contributed by atoms with Crippen molar-refractivity contribution < 1.29 is 31.9 Å². The van der Waals surface area contributed by atoms with E-state index in [2.05, 4.69) is 10.3 Å². The maximum atomic E-state index is 13.9. The van der Waals surface area contributed by atoms with Gasteiger partial charge in [-0.25, -0.2) is 13.8 Å². The fourth-order valence-electron chi connectivity index (χ4n) is 4.49. The van der Waals surface area contributed by atoms with Gasteiger partial charge in [-0.1, -0.05) is 0 Å². The van der Waals surface area contributed by atoms with Gasteiger partial charge in [0.15, 0.2) is 17.4 Å². The molecule has 1 aromatic carbocycles. The molecule has 2 aromatic heterocycles. The molecular weight excluding hydrogens is 497 g/mol. The first-order valence-electron chi connectivity index (χ1n) is 11.6. The summed E-state index contributed by atoms with van der Waals surface area (Å²) in [7, 11) is 0. The predicted octanol–water partition coefficient (Wildman–Crippen LogP) is 4.96. The number of phenolic OH excluding ortho intramolecular Hbond substituents is 1. The van der Waals surface area contributed by atoms with Crippen LogP contribution in [0.25, 0.3) is 11.2 Å². The first-order valence-corrected chi connectivity index (χ1v) is 11.6. The van der Waals surface area contributed by atoms with Crippen LogP contribution in [0.3, 0.4) is 0 Å². The largest absolute Gasteiger partial charge is 0.503 e. The van der Waals surface area contributed by atoms with Crippen LogP contribution in [0.1, 0.15) is 53.2 Å². The van der Waals surface area contributed by atoms with E-state index in [9.17, 15) is 26.7 Å². The Bertz CT molecular complexity index is 1350. The van der Waals surface area contributed by atoms with Crippen molar-refractivity contribution in [3.8, 4) is 5.75 Å². The van der Waals surface area contributed by atoms with Crippen LogP contribution >= 0.6 is 0 Å². The number of fused-ring (bicyclic) bond motifs is 1. The number of aromatic hydroxyl groups is 1. The summed E-state index contributed by atoms with van der Waals surface area (Å²) in [5.41, 5.74) is 1.59. The molecule has 3 aromatic rings. The summed E-state index contributed by atoms with van der Waals surface area (Å²) >= 11 is 0. The Balaban J connectivity index is 1.36. The van der Waals surface area contributed by atoms with E-state index in [1.807, 2.05) is 11.5 Å². The van der Waals surface area contributed by atoms with E-state index in [-0.39, 0.29) is 24.0 Å². The lowest BCUT2D eigenvalue weighted by Crippen LogP contribution is -2.32. The van der Waals surface area contributed by atoms with Gasteiger partial charge in [0.25, 0.3) is 5.91 Å². The number of carbonyl (C=O) groups excluding carboxylic acids is 1. The minimum Gasteiger partial charge on any atom is -0.503 e. The number of nitrogens with one attached hydrogen (secondary N) is 3. The van der Waals surface area contributed by atoms with Crippen LogP contribution in [0.4, 0.5) is 22.0 Å². The summed E-state index contributed by atoms with van der Waals surface area (Å²) in [6.07, 6.45) is 8.68. The molecule has 0 atom stereocenters. The number of pyridine rings is 1. The molecule has 1 fully saturated rings. The van der Waals surface area contributed by atoms with Gasteiger partial charge < -0.3 is 25.6 Å². The number of phenols is 1. The number of nitrogens with zero attached hydrogens (tertiary/aromatic N) is 2. The molecule has 0 unspecified atom stereocenters. The Labute approximate surface area is 208 Å². The monoisotopic (exact) mass is 521 g/mol. The molecule has 196 valence electrons. The summed E-state index contributed by atoms with van der Waals surface area (Å²) in [6.45, 7) is -2.53. The highest BCUT2D eigenvalue weighted by Crippen LogP contribution is 2.35. The van der Waals surface area contributed by atoms with Gasteiger partial charge in [0.05, 0.1) is 11.3 Å². The number of rotatable bonds is 8. The van der Waals surface area contributed by atoms with Gasteiger partial charge in [0, 0.05) is 48.4 Å². The summed E-state index contributed by atoms with van der Waals surface area (Å²) in [5, 5.41) is 21.0. The van der Waals surface area contributed by atoms with Crippen LogP contribution in [0.15, 0.2) is 36.8 Å². The second-order valence-electron chi connectivity index (χ2n) is 8.87. The Morgan fingerprint density at radius 3 is 2.57 bits per heavy atom. The van der Waals surface area contributed by atoms with Crippen molar-refractivity contribution in [3.05, 3.63) is 71.1 Å². The highest BCUT2D eigenvalue weighted by Gasteiger charge is 2.26. The van der Waals surface area contributed by atoms with Gasteiger partial charge in [0.2, 0.25) is 5.82 Å². The second kappa shape index (κ2) is 11.0. The second-order valence-corrected chi connectivity index (χ2v) is 8.87. The zero-order valence-electron chi connectivity index (χ0n) is 19.4. The molecule has 1 saturated carbocycles. The van der Waals surface area contributed by atoms with Crippen molar-refractivity contribution in [1.29, 1.82) is 5.41 Å². The number of alkyl halides is 2. The molecule has 4 N–H and O–H groups in total. The highest BCUT2D eigenvalue weighted by atomic mass is 19.3. The summed E-state index contributed by atoms with van der Waals surface area (Å²) < 4.78 is 67.6. The average molecular weight is 521 g/mol. The zero-order chi connectivity index (χ0) is 26.7. The first-order chi connectivity index (χ1) is 17.7. The molecule has 1 aliphatic rings. The SMILES string of the molecule is N=C/C(=C\NC(F)F)c1ccc2nc([C@H]3CC[C@H](CNC(=O)c4cc(F)c(O)c(F)c4F)CC3)cn2c1. The molecule has 0 aliphatic heterocycles. The van der Waals surface area contributed by atoms with E-state index in [0.29, 0.717) is 17.3 Å². The maximum absolute atomic E-state index is 13.9. The average Bonchev–Trinajstić information content (AvgIpc) is 3.32. The summed E-state index contributed by atoms with van der Waals surface area (Å²) in [4.78, 5) is 16.9. The van der Waals surface area contributed by atoms with Crippen LogP contribution in [-0.2, 0) is 0 Å². The van der Waals surface area contributed by atoms with Crippen molar-refractivity contribution >= 4 is 23.3 Å². The van der Waals surface area contributed by atoms with Gasteiger partial charge in [-0.2, -0.15) is 13.2 Å². The molecule has 7 nitrogen and oxygen atoms in total. The number of amides is 1. The first kappa shape index (κ1) is 26.1. The predicted molar refractivity (Wildman–Crippen MR) is 126 cm³/mol. The highest BCUT2D eigenvalue weighted by molar-refractivity contribution is 6.08. The lowest BCUT2D eigenvalue weighted by Gasteiger charge is -2.27. The normalized spacial score (nSPS) is 18.3. The fraction of sp³-hybridized carbons (Fsp3) is 0.320. The molecule has 4 rings (SSSR count). The topological polar surface area (TPSA) is 103 Å². The third-order valence-corrected chi connectivity index (χ3v) is 6.52. The molecule has 12 heteroatoms. The minimum atomic E-state index is -2.73. The number of hydrogen-bond acceptors (Lipinski definition) is 5. The van der Waals surface area contributed by atoms with E-state index in [1.54, 1.807) is 22.7 Å². The number of benzene rings is 1. The molecule has 0 bridgehead atoms. The van der Waals surface area contributed by atoms with Crippen molar-refractivity contribution in [2.45, 2.75) is 38.2 Å². The van der Waals surface area contributed by atoms with E-state index in [4.69, 9.17) is 10.5 Å². The van der Waals surface area contributed by atoms with Gasteiger partial charge in [0.1, 0.15) is 5.65 Å². The molecule has 0 saturated heterocycles. The number of halogens is 5. The Kier molecular flexibility index (Phi) is 7.74. The van der Waals surface area contributed by atoms with Crippen LogP contribution in [0.2, 0.25) is 0 Å². The lowest BCUT2D eigenvalue weighted by molar-refractivity contribution is 0.0936. The molecule has 2 heterocycles. The quantitative estimate of drug-likeness (QED) is 0.146. The van der Waals surface area contributed by atoms with Crippen molar-refractivity contribution in [3.63, 3.8) is 0 Å². The number of carbonyl (C=O) groups is 1. The molecule has 1 aliphatic carbocycles. The molecule has 37 heavy (non-hydrogen) atoms. The van der Waals surface area contributed by atoms with Gasteiger partial charge in [-0.05, 0) is 49.8 Å². The molecular formula is C25H24F5N5O2. The minimum absolute atomic E-state index is 0.0846. The van der Waals surface area contributed by atoms with Crippen molar-refractivity contribution in [2.75, 3.05) is 6.54 Å². The van der Waals surface area contributed by atoms with Crippen molar-refractivity contribution in [1.82, 2.24) is 20.0 Å².